The van der Waals surface area contributed by atoms with Gasteiger partial charge in [0.2, 0.25) is 0 Å². The number of carboxylic acids is 1. The fraction of sp³-hybridized carbons (Fsp3) is 0.273. The first-order chi connectivity index (χ1) is 13.2. The Balaban J connectivity index is 1.84. The molecule has 0 radical (unpaired) electrons. The molecule has 3 aromatic rings. The Morgan fingerprint density at radius 3 is 2.85 bits per heavy atom. The first kappa shape index (κ1) is 17.5. The molecule has 27 heavy (non-hydrogen) atoms. The Labute approximate surface area is 158 Å². The Kier molecular flexibility index (Phi) is 4.77. The van der Waals surface area contributed by atoms with E-state index in [0.29, 0.717) is 5.56 Å². The lowest BCUT2D eigenvalue weighted by Gasteiger charge is -2.25. The summed E-state index contributed by atoms with van der Waals surface area (Å²) in [5.41, 5.74) is 4.22. The van der Waals surface area contributed by atoms with Crippen molar-refractivity contribution in [2.75, 3.05) is 20.2 Å². The maximum Gasteiger partial charge on any atom is 0.335 e. The monoisotopic (exact) mass is 362 g/mol. The van der Waals surface area contributed by atoms with E-state index in [1.165, 1.54) is 0 Å². The molecule has 0 aliphatic carbocycles. The summed E-state index contributed by atoms with van der Waals surface area (Å²) in [5.74, 6) is 0.117. The van der Waals surface area contributed by atoms with E-state index in [9.17, 15) is 9.90 Å². The van der Waals surface area contributed by atoms with Crippen molar-refractivity contribution in [3.63, 3.8) is 0 Å². The maximum atomic E-state index is 11.8. The number of ether oxygens (including phenoxy) is 1. The number of methoxy groups -OCH3 is 1. The van der Waals surface area contributed by atoms with Crippen LogP contribution >= 0.6 is 0 Å². The van der Waals surface area contributed by atoms with Crippen LogP contribution in [0.3, 0.4) is 0 Å². The molecule has 1 aliphatic heterocycles. The molecule has 5 heteroatoms. The number of pyridine rings is 1. The predicted molar refractivity (Wildman–Crippen MR) is 106 cm³/mol. The van der Waals surface area contributed by atoms with Crippen LogP contribution in [0.2, 0.25) is 0 Å². The van der Waals surface area contributed by atoms with Gasteiger partial charge in [0.1, 0.15) is 5.75 Å². The van der Waals surface area contributed by atoms with Crippen molar-refractivity contribution in [1.29, 1.82) is 0 Å². The van der Waals surface area contributed by atoms with Gasteiger partial charge in [0.05, 0.1) is 18.2 Å². The highest BCUT2D eigenvalue weighted by Crippen LogP contribution is 2.34. The van der Waals surface area contributed by atoms with Crippen molar-refractivity contribution < 1.29 is 14.6 Å². The number of aromatic carboxylic acids is 1. The second kappa shape index (κ2) is 7.37. The van der Waals surface area contributed by atoms with Crippen LogP contribution < -0.4 is 10.1 Å². The SMILES string of the molecule is COc1ccc2c(-c3ccc(C(=O)O)c(C4CCCNC4)c3)ccnc2c1. The number of piperidine rings is 1. The molecule has 4 rings (SSSR count). The van der Waals surface area contributed by atoms with Gasteiger partial charge in [-0.25, -0.2) is 4.79 Å². The van der Waals surface area contributed by atoms with Crippen molar-refractivity contribution in [3.05, 3.63) is 59.8 Å². The molecule has 138 valence electrons. The van der Waals surface area contributed by atoms with E-state index >= 15 is 0 Å². The highest BCUT2D eigenvalue weighted by atomic mass is 16.5. The van der Waals surface area contributed by atoms with Gasteiger partial charge in [-0.15, -0.1) is 0 Å². The quantitative estimate of drug-likeness (QED) is 0.732. The number of fused-ring (bicyclic) bond motifs is 1. The lowest BCUT2D eigenvalue weighted by Crippen LogP contribution is -2.29. The van der Waals surface area contributed by atoms with Crippen LogP contribution in [-0.2, 0) is 0 Å². The average Bonchev–Trinajstić information content (AvgIpc) is 2.73. The number of carbonyl (C=O) groups is 1. The summed E-state index contributed by atoms with van der Waals surface area (Å²) >= 11 is 0. The van der Waals surface area contributed by atoms with E-state index in [1.807, 2.05) is 36.4 Å². The molecule has 2 heterocycles. The second-order valence-corrected chi connectivity index (χ2v) is 6.89. The lowest BCUT2D eigenvalue weighted by molar-refractivity contribution is 0.0695. The first-order valence-electron chi connectivity index (χ1n) is 9.18. The zero-order valence-electron chi connectivity index (χ0n) is 15.2. The van der Waals surface area contributed by atoms with Gasteiger partial charge in [0.15, 0.2) is 0 Å². The predicted octanol–water partition coefficient (Wildman–Crippen LogP) is 4.08. The van der Waals surface area contributed by atoms with Gasteiger partial charge >= 0.3 is 5.97 Å². The van der Waals surface area contributed by atoms with Gasteiger partial charge in [-0.1, -0.05) is 6.07 Å². The first-order valence-corrected chi connectivity index (χ1v) is 9.18. The molecule has 2 N–H and O–H groups in total. The third-order valence-electron chi connectivity index (χ3n) is 5.28. The molecule has 1 unspecified atom stereocenters. The van der Waals surface area contributed by atoms with Gasteiger partial charge in [0, 0.05) is 24.2 Å². The zero-order valence-corrected chi connectivity index (χ0v) is 15.2. The van der Waals surface area contributed by atoms with Crippen LogP contribution in [0, 0.1) is 0 Å². The highest BCUT2D eigenvalue weighted by molar-refractivity contribution is 5.96. The van der Waals surface area contributed by atoms with E-state index in [-0.39, 0.29) is 5.92 Å². The van der Waals surface area contributed by atoms with Crippen LogP contribution in [-0.4, -0.2) is 36.3 Å². The average molecular weight is 362 g/mol. The van der Waals surface area contributed by atoms with E-state index in [2.05, 4.69) is 10.3 Å². The molecule has 1 saturated heterocycles. The van der Waals surface area contributed by atoms with Gasteiger partial charge in [-0.3, -0.25) is 4.98 Å². The topological polar surface area (TPSA) is 71.5 Å². The zero-order chi connectivity index (χ0) is 18.8. The Hall–Kier alpha value is -2.92. The highest BCUT2D eigenvalue weighted by Gasteiger charge is 2.22. The molecule has 0 bridgehead atoms. The third kappa shape index (κ3) is 3.38. The molecule has 1 fully saturated rings. The molecular formula is C22H22N2O3. The minimum atomic E-state index is -0.869. The fourth-order valence-electron chi connectivity index (χ4n) is 3.89. The standard InChI is InChI=1S/C22H22N2O3/c1-27-16-5-7-18-17(8-10-24-21(18)12-16)14-4-6-19(22(25)26)20(11-14)15-3-2-9-23-13-15/h4-8,10-12,15,23H,2-3,9,13H2,1H3,(H,25,26). The summed E-state index contributed by atoms with van der Waals surface area (Å²) in [6.45, 7) is 1.81. The summed E-state index contributed by atoms with van der Waals surface area (Å²) < 4.78 is 5.30. The molecule has 0 spiro atoms. The van der Waals surface area contributed by atoms with Gasteiger partial charge < -0.3 is 15.2 Å². The summed E-state index contributed by atoms with van der Waals surface area (Å²) in [4.78, 5) is 16.2. The molecule has 1 aromatic heterocycles. The van der Waals surface area contributed by atoms with Crippen LogP contribution in [0.15, 0.2) is 48.7 Å². The van der Waals surface area contributed by atoms with E-state index < -0.39 is 5.97 Å². The fourth-order valence-corrected chi connectivity index (χ4v) is 3.89. The Morgan fingerprint density at radius 2 is 2.11 bits per heavy atom. The minimum Gasteiger partial charge on any atom is -0.497 e. The second-order valence-electron chi connectivity index (χ2n) is 6.89. The molecule has 5 nitrogen and oxygen atoms in total. The van der Waals surface area contributed by atoms with Gasteiger partial charge in [-0.05, 0) is 72.3 Å². The molecule has 1 atom stereocenters. The van der Waals surface area contributed by atoms with Crippen molar-refractivity contribution in [1.82, 2.24) is 10.3 Å². The van der Waals surface area contributed by atoms with Gasteiger partial charge in [0.25, 0.3) is 0 Å². The van der Waals surface area contributed by atoms with E-state index in [0.717, 1.165) is 59.3 Å². The normalized spacial score (nSPS) is 17.0. The van der Waals surface area contributed by atoms with Crippen LogP contribution in [0.25, 0.3) is 22.0 Å². The summed E-state index contributed by atoms with van der Waals surface area (Å²) in [5, 5.41) is 14.0. The van der Waals surface area contributed by atoms with Gasteiger partial charge in [-0.2, -0.15) is 0 Å². The number of benzene rings is 2. The number of hydrogen-bond acceptors (Lipinski definition) is 4. The number of rotatable bonds is 4. The molecule has 0 saturated carbocycles. The number of hydrogen-bond donors (Lipinski definition) is 2. The lowest BCUT2D eigenvalue weighted by atomic mass is 9.86. The molecule has 2 aromatic carbocycles. The minimum absolute atomic E-state index is 0.220. The van der Waals surface area contributed by atoms with Crippen LogP contribution in [0.4, 0.5) is 0 Å². The summed E-state index contributed by atoms with van der Waals surface area (Å²) in [6, 6.07) is 13.5. The largest absolute Gasteiger partial charge is 0.497 e. The van der Waals surface area contributed by atoms with Crippen LogP contribution in [0.1, 0.15) is 34.7 Å². The number of nitrogens with zero attached hydrogens (tertiary/aromatic N) is 1. The van der Waals surface area contributed by atoms with E-state index in [4.69, 9.17) is 4.74 Å². The Morgan fingerprint density at radius 1 is 1.22 bits per heavy atom. The van der Waals surface area contributed by atoms with Crippen LogP contribution in [0.5, 0.6) is 5.75 Å². The molecule has 1 aliphatic rings. The third-order valence-corrected chi connectivity index (χ3v) is 5.28. The smallest absolute Gasteiger partial charge is 0.335 e. The molecular weight excluding hydrogens is 340 g/mol. The Bertz CT molecular complexity index is 994. The number of aromatic nitrogens is 1. The maximum absolute atomic E-state index is 11.8. The van der Waals surface area contributed by atoms with Crippen molar-refractivity contribution in [2.24, 2.45) is 0 Å². The van der Waals surface area contributed by atoms with Crippen molar-refractivity contribution in [3.8, 4) is 16.9 Å². The molecule has 0 amide bonds. The van der Waals surface area contributed by atoms with Crippen molar-refractivity contribution in [2.45, 2.75) is 18.8 Å². The van der Waals surface area contributed by atoms with E-state index in [1.54, 1.807) is 19.4 Å². The number of carboxylic acid groups (broad SMARTS) is 1. The summed E-state index contributed by atoms with van der Waals surface area (Å²) in [7, 11) is 1.64. The number of nitrogens with one attached hydrogen (secondary N) is 1. The summed E-state index contributed by atoms with van der Waals surface area (Å²) in [6.07, 6.45) is 3.85. The van der Waals surface area contributed by atoms with Crippen molar-refractivity contribution >= 4 is 16.9 Å².